The molecule has 2 aliphatic rings. The zero-order valence-corrected chi connectivity index (χ0v) is 15.0. The van der Waals surface area contributed by atoms with Crippen molar-refractivity contribution in [2.45, 2.75) is 32.3 Å². The zero-order chi connectivity index (χ0) is 18.9. The Morgan fingerprint density at radius 3 is 2.40 bits per heavy atom. The Kier molecular flexibility index (Phi) is 5.25. The van der Waals surface area contributed by atoms with E-state index in [0.29, 0.717) is 6.54 Å². The first-order chi connectivity index (χ1) is 11.5. The van der Waals surface area contributed by atoms with Gasteiger partial charge in [-0.15, -0.1) is 0 Å². The topological polar surface area (TPSA) is 59.1 Å². The zero-order valence-electron chi connectivity index (χ0n) is 15.0. The highest BCUT2D eigenvalue weighted by atomic mass is 19.3. The third-order valence-electron chi connectivity index (χ3n) is 4.32. The van der Waals surface area contributed by atoms with Crippen LogP contribution in [0.2, 0.25) is 0 Å². The molecule has 2 heterocycles. The Balaban J connectivity index is 1.93. The largest absolute Gasteiger partial charge is 0.487 e. The van der Waals surface area contributed by atoms with Crippen molar-refractivity contribution in [2.75, 3.05) is 39.8 Å². The number of nitrogens with zero attached hydrogens (tertiary/aromatic N) is 2. The number of likely N-dealkylation sites (tertiary alicyclic amines) is 2. The number of amides is 1. The molecule has 140 valence electrons. The lowest BCUT2D eigenvalue weighted by atomic mass is 9.76. The van der Waals surface area contributed by atoms with Gasteiger partial charge in [0.1, 0.15) is 5.60 Å². The van der Waals surface area contributed by atoms with E-state index in [2.05, 4.69) is 0 Å². The molecule has 2 fully saturated rings. The predicted molar refractivity (Wildman–Crippen MR) is 87.0 cm³/mol. The van der Waals surface area contributed by atoms with Gasteiger partial charge in [0, 0.05) is 26.2 Å². The van der Waals surface area contributed by atoms with Crippen LogP contribution in [0.25, 0.3) is 0 Å². The van der Waals surface area contributed by atoms with E-state index < -0.39 is 29.6 Å². The normalized spacial score (nSPS) is 21.9. The average Bonchev–Trinajstić information content (AvgIpc) is 2.73. The average molecular weight is 358 g/mol. The van der Waals surface area contributed by atoms with Crippen molar-refractivity contribution < 1.29 is 27.8 Å². The molecule has 0 N–H and O–H groups in total. The van der Waals surface area contributed by atoms with Crippen LogP contribution in [0, 0.1) is 5.41 Å². The van der Waals surface area contributed by atoms with Crippen LogP contribution in [0.1, 0.15) is 20.8 Å². The third-order valence-corrected chi connectivity index (χ3v) is 4.32. The first-order valence-electron chi connectivity index (χ1n) is 8.06. The fourth-order valence-electron chi connectivity index (χ4n) is 3.12. The van der Waals surface area contributed by atoms with Gasteiger partial charge in [-0.05, 0) is 26.8 Å². The third kappa shape index (κ3) is 4.19. The molecule has 0 saturated carbocycles. The number of allylic oxidation sites excluding steroid dienone is 1. The van der Waals surface area contributed by atoms with E-state index >= 15 is 0 Å². The maximum Gasteiger partial charge on any atom is 0.410 e. The second kappa shape index (κ2) is 6.77. The van der Waals surface area contributed by atoms with Crippen LogP contribution in [0.3, 0.4) is 0 Å². The quantitative estimate of drug-likeness (QED) is 0.438. The Morgan fingerprint density at radius 1 is 1.24 bits per heavy atom. The van der Waals surface area contributed by atoms with Crippen LogP contribution < -0.4 is 0 Å². The summed E-state index contributed by atoms with van der Waals surface area (Å²) in [6, 6.07) is 0. The van der Waals surface area contributed by atoms with Gasteiger partial charge in [-0.1, -0.05) is 6.08 Å². The molecule has 0 unspecified atom stereocenters. The number of halogens is 2. The molecule has 6 nitrogen and oxygen atoms in total. The van der Waals surface area contributed by atoms with Crippen molar-refractivity contribution >= 4 is 12.0 Å². The smallest absolute Gasteiger partial charge is 0.410 e. The minimum absolute atomic E-state index is 0.0211. The lowest BCUT2D eigenvalue weighted by molar-refractivity contribution is -0.153. The molecule has 0 atom stereocenters. The van der Waals surface area contributed by atoms with E-state index in [4.69, 9.17) is 9.47 Å². The molecule has 0 aliphatic carbocycles. The number of carbonyl (C=O) groups excluding carboxylic acids is 2. The van der Waals surface area contributed by atoms with Gasteiger partial charge in [0.25, 0.3) is 5.92 Å². The standard InChI is InChI=1S/C17H24F2N2O4/c1-15(2,3)25-14(23)21-11-16(17(18,19)12-21)9-20(10-16)7-5-6-13(8-22)24-4/h5-6H,7,9-12H2,1-4H3/b6-5+. The van der Waals surface area contributed by atoms with Crippen molar-refractivity contribution in [1.29, 1.82) is 0 Å². The van der Waals surface area contributed by atoms with Crippen molar-refractivity contribution in [3.63, 3.8) is 0 Å². The molecule has 0 bridgehead atoms. The Morgan fingerprint density at radius 2 is 1.88 bits per heavy atom. The highest BCUT2D eigenvalue weighted by Crippen LogP contribution is 2.50. The van der Waals surface area contributed by atoms with E-state index in [-0.39, 0.29) is 25.4 Å². The summed E-state index contributed by atoms with van der Waals surface area (Å²) in [5.41, 5.74) is -1.95. The molecule has 1 spiro atoms. The monoisotopic (exact) mass is 358 g/mol. The van der Waals surface area contributed by atoms with E-state index in [0.717, 1.165) is 4.90 Å². The van der Waals surface area contributed by atoms with Crippen LogP contribution in [-0.2, 0) is 14.3 Å². The van der Waals surface area contributed by atoms with Crippen LogP contribution in [0.4, 0.5) is 13.6 Å². The first-order valence-corrected chi connectivity index (χ1v) is 8.06. The van der Waals surface area contributed by atoms with Crippen molar-refractivity contribution in [3.05, 3.63) is 17.9 Å². The molecule has 1 amide bonds. The molecule has 2 aliphatic heterocycles. The lowest BCUT2D eigenvalue weighted by Gasteiger charge is -2.49. The lowest BCUT2D eigenvalue weighted by Crippen LogP contribution is -2.64. The van der Waals surface area contributed by atoms with Crippen LogP contribution in [0.15, 0.2) is 17.9 Å². The highest BCUT2D eigenvalue weighted by Gasteiger charge is 2.66. The Bertz CT molecular complexity index is 600. The molecule has 0 aromatic rings. The van der Waals surface area contributed by atoms with Gasteiger partial charge in [-0.25, -0.2) is 18.4 Å². The number of ether oxygens (including phenoxy) is 2. The van der Waals surface area contributed by atoms with Gasteiger partial charge in [-0.3, -0.25) is 4.90 Å². The molecule has 2 rings (SSSR count). The molecular weight excluding hydrogens is 334 g/mol. The van der Waals surface area contributed by atoms with E-state index in [1.54, 1.807) is 32.8 Å². The van der Waals surface area contributed by atoms with Gasteiger partial charge in [0.05, 0.1) is 19.1 Å². The fraction of sp³-hybridized carbons (Fsp3) is 0.706. The van der Waals surface area contributed by atoms with Crippen molar-refractivity contribution in [2.24, 2.45) is 5.41 Å². The number of carbonyl (C=O) groups is 1. The van der Waals surface area contributed by atoms with E-state index in [1.165, 1.54) is 13.2 Å². The second-order valence-corrected chi connectivity index (χ2v) is 7.56. The molecule has 25 heavy (non-hydrogen) atoms. The van der Waals surface area contributed by atoms with E-state index in [1.807, 2.05) is 4.90 Å². The van der Waals surface area contributed by atoms with Crippen molar-refractivity contribution in [3.8, 4) is 0 Å². The Hall–Kier alpha value is -1.92. The molecular formula is C17H24F2N2O4. The number of methoxy groups -OCH3 is 1. The number of hydrogen-bond donors (Lipinski definition) is 0. The fourth-order valence-corrected chi connectivity index (χ4v) is 3.12. The van der Waals surface area contributed by atoms with Gasteiger partial charge >= 0.3 is 6.09 Å². The summed E-state index contributed by atoms with van der Waals surface area (Å²) in [4.78, 5) is 25.5. The van der Waals surface area contributed by atoms with Crippen LogP contribution in [-0.4, -0.2) is 73.2 Å². The van der Waals surface area contributed by atoms with Crippen LogP contribution in [0.5, 0.6) is 0 Å². The number of hydrogen-bond acceptors (Lipinski definition) is 5. The minimum atomic E-state index is -2.95. The molecule has 0 radical (unpaired) electrons. The summed E-state index contributed by atoms with van der Waals surface area (Å²) in [6.45, 7) is 5.24. The summed E-state index contributed by atoms with van der Waals surface area (Å²) in [5.74, 6) is -1.28. The van der Waals surface area contributed by atoms with E-state index in [9.17, 15) is 18.4 Å². The summed E-state index contributed by atoms with van der Waals surface area (Å²) in [5, 5.41) is 0. The van der Waals surface area contributed by atoms with Gasteiger partial charge in [0.15, 0.2) is 5.94 Å². The van der Waals surface area contributed by atoms with Crippen molar-refractivity contribution in [1.82, 2.24) is 9.80 Å². The first kappa shape index (κ1) is 19.4. The number of rotatable bonds is 4. The van der Waals surface area contributed by atoms with Crippen LogP contribution >= 0.6 is 0 Å². The maximum atomic E-state index is 14.5. The van der Waals surface area contributed by atoms with Gasteiger partial charge in [0.2, 0.25) is 5.76 Å². The second-order valence-electron chi connectivity index (χ2n) is 7.56. The maximum absolute atomic E-state index is 14.5. The molecule has 2 saturated heterocycles. The summed E-state index contributed by atoms with van der Waals surface area (Å²) in [7, 11) is 1.35. The Labute approximate surface area is 146 Å². The van der Waals surface area contributed by atoms with Gasteiger partial charge in [-0.2, -0.15) is 0 Å². The molecule has 0 aromatic heterocycles. The molecule has 8 heteroatoms. The summed E-state index contributed by atoms with van der Waals surface area (Å²) < 4.78 is 38.8. The number of alkyl halides is 2. The van der Waals surface area contributed by atoms with Gasteiger partial charge < -0.3 is 14.4 Å². The minimum Gasteiger partial charge on any atom is -0.487 e. The molecule has 0 aromatic carbocycles. The summed E-state index contributed by atoms with van der Waals surface area (Å²) in [6.07, 6.45) is 2.41. The summed E-state index contributed by atoms with van der Waals surface area (Å²) >= 11 is 0. The predicted octanol–water partition coefficient (Wildman–Crippen LogP) is 2.09. The highest BCUT2D eigenvalue weighted by molar-refractivity contribution is 5.69. The SMILES string of the molecule is COC(=C=O)/C=C/CN1CC2(C1)CN(C(=O)OC(C)(C)C)CC2(F)F.